The lowest BCUT2D eigenvalue weighted by molar-refractivity contribution is 0.222. The second-order valence-electron chi connectivity index (χ2n) is 5.23. The Morgan fingerprint density at radius 3 is 2.86 bits per heavy atom. The van der Waals surface area contributed by atoms with Gasteiger partial charge in [-0.05, 0) is 23.7 Å². The molecule has 9 heteroatoms. The number of rotatable bonds is 3. The predicted molar refractivity (Wildman–Crippen MR) is 79.5 cm³/mol. The number of hydrogen-bond acceptors (Lipinski definition) is 6. The average molecular weight is 344 g/mol. The Morgan fingerprint density at radius 1 is 1.45 bits per heavy atom. The summed E-state index contributed by atoms with van der Waals surface area (Å²) < 4.78 is 28.3. The molecule has 0 bridgehead atoms. The molecule has 0 unspecified atom stereocenters. The van der Waals surface area contributed by atoms with Crippen LogP contribution >= 0.6 is 11.6 Å². The predicted octanol–water partition coefficient (Wildman–Crippen LogP) is 0.978. The topological polar surface area (TPSA) is 96.3 Å². The van der Waals surface area contributed by atoms with Crippen LogP contribution in [0.1, 0.15) is 17.0 Å². The van der Waals surface area contributed by atoms with Crippen LogP contribution in [0.25, 0.3) is 0 Å². The number of nitrogens with zero attached hydrogens (tertiary/aromatic N) is 2. The molecule has 2 aromatic rings. The molecule has 0 atom stereocenters. The van der Waals surface area contributed by atoms with Crippen LogP contribution in [0.5, 0.6) is 0 Å². The van der Waals surface area contributed by atoms with Crippen molar-refractivity contribution in [3.8, 4) is 0 Å². The highest BCUT2D eigenvalue weighted by molar-refractivity contribution is 7.90. The van der Waals surface area contributed by atoms with Crippen LogP contribution in [0.2, 0.25) is 5.22 Å². The molecule has 0 aliphatic carbocycles. The molecule has 1 aliphatic heterocycles. The number of aromatic nitrogens is 2. The van der Waals surface area contributed by atoms with E-state index in [4.69, 9.17) is 16.0 Å². The molecule has 7 nitrogen and oxygen atoms in total. The summed E-state index contributed by atoms with van der Waals surface area (Å²) in [5.74, 6) is 0.714. The Kier molecular flexibility index (Phi) is 3.84. The number of sulfone groups is 1. The van der Waals surface area contributed by atoms with Gasteiger partial charge >= 0.3 is 0 Å². The van der Waals surface area contributed by atoms with Gasteiger partial charge in [0.05, 0.1) is 17.8 Å². The van der Waals surface area contributed by atoms with Gasteiger partial charge in [0, 0.05) is 25.8 Å². The lowest BCUT2D eigenvalue weighted by Crippen LogP contribution is -2.36. The van der Waals surface area contributed by atoms with Crippen LogP contribution in [0.15, 0.2) is 26.5 Å². The van der Waals surface area contributed by atoms with E-state index in [1.54, 1.807) is 12.1 Å². The quantitative estimate of drug-likeness (QED) is 0.834. The summed E-state index contributed by atoms with van der Waals surface area (Å²) in [6.45, 7) is 1.57. The van der Waals surface area contributed by atoms with Crippen LogP contribution in [0, 0.1) is 0 Å². The van der Waals surface area contributed by atoms with Crippen LogP contribution < -0.4 is 5.56 Å². The Labute approximate surface area is 131 Å². The van der Waals surface area contributed by atoms with Gasteiger partial charge in [0.2, 0.25) is 15.0 Å². The molecular formula is C13H14ClN3O4S. The number of halogens is 1. The molecule has 3 rings (SSSR count). The summed E-state index contributed by atoms with van der Waals surface area (Å²) in [5, 5.41) is 0.0484. The summed E-state index contributed by atoms with van der Waals surface area (Å²) in [4.78, 5) is 20.5. The fraction of sp³-hybridized carbons (Fsp3) is 0.385. The minimum atomic E-state index is -3.53. The summed E-state index contributed by atoms with van der Waals surface area (Å²) >= 11 is 5.74. The average Bonchev–Trinajstić information content (AvgIpc) is 2.83. The Morgan fingerprint density at radius 2 is 2.23 bits per heavy atom. The lowest BCUT2D eigenvalue weighted by Gasteiger charge is -2.26. The second kappa shape index (κ2) is 5.53. The normalized spacial score (nSPS) is 15.7. The van der Waals surface area contributed by atoms with Crippen molar-refractivity contribution in [3.63, 3.8) is 0 Å². The van der Waals surface area contributed by atoms with Crippen LogP contribution in [-0.4, -0.2) is 36.1 Å². The van der Waals surface area contributed by atoms with Crippen molar-refractivity contribution < 1.29 is 12.8 Å². The molecule has 1 N–H and O–H groups in total. The van der Waals surface area contributed by atoms with Crippen molar-refractivity contribution in [3.05, 3.63) is 44.7 Å². The number of furan rings is 1. The van der Waals surface area contributed by atoms with Gasteiger partial charge < -0.3 is 4.42 Å². The summed E-state index contributed by atoms with van der Waals surface area (Å²) in [7, 11) is -3.53. The van der Waals surface area contributed by atoms with Gasteiger partial charge in [0.25, 0.3) is 5.56 Å². The zero-order valence-corrected chi connectivity index (χ0v) is 13.4. The molecule has 0 saturated carbocycles. The van der Waals surface area contributed by atoms with Crippen LogP contribution in [0.4, 0.5) is 0 Å². The van der Waals surface area contributed by atoms with Crippen molar-refractivity contribution in [2.75, 3.05) is 12.8 Å². The van der Waals surface area contributed by atoms with Crippen molar-refractivity contribution in [1.29, 1.82) is 0 Å². The number of hydrogen-bond donors (Lipinski definition) is 1. The van der Waals surface area contributed by atoms with E-state index in [0.29, 0.717) is 48.3 Å². The highest BCUT2D eigenvalue weighted by Crippen LogP contribution is 2.19. The summed E-state index contributed by atoms with van der Waals surface area (Å²) in [5.41, 5.74) is 0.627. The molecule has 0 saturated heterocycles. The third-order valence-electron chi connectivity index (χ3n) is 3.49. The van der Waals surface area contributed by atoms with Crippen molar-refractivity contribution in [2.45, 2.75) is 24.7 Å². The third kappa shape index (κ3) is 3.08. The van der Waals surface area contributed by atoms with E-state index in [9.17, 15) is 13.2 Å². The molecule has 0 radical (unpaired) electrons. The molecule has 0 amide bonds. The smallest absolute Gasteiger partial charge is 0.256 e. The molecular weight excluding hydrogens is 330 g/mol. The van der Waals surface area contributed by atoms with Crippen molar-refractivity contribution in [2.24, 2.45) is 0 Å². The molecule has 2 aromatic heterocycles. The first-order chi connectivity index (χ1) is 10.3. The Bertz CT molecular complexity index is 872. The standard InChI is InChI=1S/C13H14ClN3O4S/c1-22(19,20)13-15-10-4-5-17(7-9(10)12(18)16-13)6-8-2-3-11(14)21-8/h2-3H,4-7H2,1H3,(H,15,16,18). The molecule has 3 heterocycles. The molecule has 0 aromatic carbocycles. The zero-order chi connectivity index (χ0) is 15.9. The maximum absolute atomic E-state index is 12.1. The number of fused-ring (bicyclic) bond motifs is 1. The Hall–Kier alpha value is -1.64. The van der Waals surface area contributed by atoms with Gasteiger partial charge in [-0.1, -0.05) is 0 Å². The largest absolute Gasteiger partial charge is 0.448 e. The minimum absolute atomic E-state index is 0.275. The molecule has 0 fully saturated rings. The monoisotopic (exact) mass is 343 g/mol. The second-order valence-corrected chi connectivity index (χ2v) is 7.54. The van der Waals surface area contributed by atoms with E-state index in [0.717, 1.165) is 6.26 Å². The first-order valence-corrected chi connectivity index (χ1v) is 8.88. The number of nitrogens with one attached hydrogen (secondary N) is 1. The van der Waals surface area contributed by atoms with Crippen LogP contribution in [0.3, 0.4) is 0 Å². The highest BCUT2D eigenvalue weighted by Gasteiger charge is 2.24. The first kappa shape index (κ1) is 15.3. The molecule has 1 aliphatic rings. The van der Waals surface area contributed by atoms with E-state index >= 15 is 0 Å². The molecule has 0 spiro atoms. The fourth-order valence-electron chi connectivity index (χ4n) is 2.43. The third-order valence-corrected chi connectivity index (χ3v) is 4.58. The summed E-state index contributed by atoms with van der Waals surface area (Å²) in [6.07, 6.45) is 1.53. The van der Waals surface area contributed by atoms with E-state index in [-0.39, 0.29) is 5.16 Å². The van der Waals surface area contributed by atoms with E-state index in [2.05, 4.69) is 9.97 Å². The van der Waals surface area contributed by atoms with Gasteiger partial charge in [-0.3, -0.25) is 14.7 Å². The van der Waals surface area contributed by atoms with Gasteiger partial charge in [0.15, 0.2) is 5.22 Å². The first-order valence-electron chi connectivity index (χ1n) is 6.61. The minimum Gasteiger partial charge on any atom is -0.448 e. The van der Waals surface area contributed by atoms with E-state index in [1.165, 1.54) is 0 Å². The van der Waals surface area contributed by atoms with E-state index in [1.807, 2.05) is 4.90 Å². The van der Waals surface area contributed by atoms with Gasteiger partial charge in [0.1, 0.15) is 5.76 Å². The maximum atomic E-state index is 12.1. The molecule has 22 heavy (non-hydrogen) atoms. The number of H-pyrrole nitrogens is 1. The van der Waals surface area contributed by atoms with Crippen LogP contribution in [-0.2, 0) is 29.3 Å². The number of aromatic amines is 1. The van der Waals surface area contributed by atoms with Crippen molar-refractivity contribution in [1.82, 2.24) is 14.9 Å². The van der Waals surface area contributed by atoms with Gasteiger partial charge in [-0.25, -0.2) is 13.4 Å². The zero-order valence-electron chi connectivity index (χ0n) is 11.8. The lowest BCUT2D eigenvalue weighted by atomic mass is 10.1. The maximum Gasteiger partial charge on any atom is 0.256 e. The van der Waals surface area contributed by atoms with Crippen molar-refractivity contribution >= 4 is 21.4 Å². The highest BCUT2D eigenvalue weighted by atomic mass is 35.5. The Balaban J connectivity index is 1.86. The van der Waals surface area contributed by atoms with Gasteiger partial charge in [-0.2, -0.15) is 0 Å². The summed E-state index contributed by atoms with van der Waals surface area (Å²) in [6, 6.07) is 3.45. The fourth-order valence-corrected chi connectivity index (χ4v) is 3.14. The molecule has 118 valence electrons. The van der Waals surface area contributed by atoms with Gasteiger partial charge in [-0.15, -0.1) is 0 Å². The van der Waals surface area contributed by atoms with E-state index < -0.39 is 15.4 Å². The SMILES string of the molecule is CS(=O)(=O)c1nc2c(c(=O)[nH]1)CN(Cc1ccc(Cl)o1)CC2.